The minimum Gasteiger partial charge on any atom is -0.335 e. The van der Waals surface area contributed by atoms with Crippen LogP contribution in [0, 0.1) is 6.92 Å². The summed E-state index contributed by atoms with van der Waals surface area (Å²) < 4.78 is 40.4. The standard InChI is InChI=1S/C22H24F3N5O3/c1-15-18(14-26-30(15)17-6-4-5-16(13-17)22(23,24)25)19(31)28-9-11-29(12-10-28)21(33)20(32)27-7-2-3-8-27/h4-6,13-14H,2-3,7-12H2,1H3. The maximum absolute atomic E-state index is 13.0. The molecule has 1 aromatic carbocycles. The molecule has 2 aliphatic rings. The highest BCUT2D eigenvalue weighted by atomic mass is 19.4. The fraction of sp³-hybridized carbons (Fsp3) is 0.455. The van der Waals surface area contributed by atoms with E-state index in [1.807, 2.05) is 0 Å². The van der Waals surface area contributed by atoms with E-state index in [4.69, 9.17) is 0 Å². The Morgan fingerprint density at radius 3 is 2.06 bits per heavy atom. The molecule has 0 aliphatic carbocycles. The SMILES string of the molecule is Cc1c(C(=O)N2CCN(C(=O)C(=O)N3CCCC3)CC2)cnn1-c1cccc(C(F)(F)F)c1. The lowest BCUT2D eigenvalue weighted by molar-refractivity contribution is -0.152. The van der Waals surface area contributed by atoms with E-state index in [0.29, 0.717) is 18.8 Å². The van der Waals surface area contributed by atoms with E-state index < -0.39 is 23.6 Å². The Morgan fingerprint density at radius 1 is 0.879 bits per heavy atom. The van der Waals surface area contributed by atoms with E-state index in [0.717, 1.165) is 25.0 Å². The molecule has 3 heterocycles. The van der Waals surface area contributed by atoms with E-state index in [1.54, 1.807) is 16.7 Å². The molecule has 0 bridgehead atoms. The van der Waals surface area contributed by atoms with Gasteiger partial charge in [-0.05, 0) is 38.0 Å². The van der Waals surface area contributed by atoms with Crippen LogP contribution in [0.3, 0.4) is 0 Å². The zero-order chi connectivity index (χ0) is 23.8. The van der Waals surface area contributed by atoms with Crippen molar-refractivity contribution in [2.24, 2.45) is 0 Å². The summed E-state index contributed by atoms with van der Waals surface area (Å²) in [5.41, 5.74) is 0.103. The van der Waals surface area contributed by atoms with Gasteiger partial charge in [0, 0.05) is 39.3 Å². The molecule has 1 aromatic heterocycles. The fourth-order valence-corrected chi connectivity index (χ4v) is 4.17. The van der Waals surface area contributed by atoms with Crippen molar-refractivity contribution in [1.82, 2.24) is 24.5 Å². The van der Waals surface area contributed by atoms with Gasteiger partial charge in [0.25, 0.3) is 5.91 Å². The second kappa shape index (κ2) is 8.87. The van der Waals surface area contributed by atoms with E-state index in [1.165, 1.54) is 27.9 Å². The third kappa shape index (κ3) is 4.57. The van der Waals surface area contributed by atoms with Crippen LogP contribution in [0.25, 0.3) is 5.69 Å². The fourth-order valence-electron chi connectivity index (χ4n) is 4.17. The first kappa shape index (κ1) is 22.8. The Hall–Kier alpha value is -3.37. The summed E-state index contributed by atoms with van der Waals surface area (Å²) in [7, 11) is 0. The summed E-state index contributed by atoms with van der Waals surface area (Å²) in [5, 5.41) is 4.12. The molecule has 0 unspecified atom stereocenters. The summed E-state index contributed by atoms with van der Waals surface area (Å²) in [6.45, 7) is 3.80. The Bertz CT molecular complexity index is 1070. The first-order chi connectivity index (χ1) is 15.7. The Kier molecular flexibility index (Phi) is 6.13. The van der Waals surface area contributed by atoms with Crippen LogP contribution >= 0.6 is 0 Å². The minimum atomic E-state index is -4.48. The number of nitrogens with zero attached hydrogens (tertiary/aromatic N) is 5. The zero-order valence-electron chi connectivity index (χ0n) is 18.1. The lowest BCUT2D eigenvalue weighted by atomic mass is 10.1. The summed E-state index contributed by atoms with van der Waals surface area (Å²) in [6.07, 6.45) is -1.35. The van der Waals surface area contributed by atoms with Crippen molar-refractivity contribution in [3.8, 4) is 5.69 Å². The van der Waals surface area contributed by atoms with E-state index in [-0.39, 0.29) is 43.3 Å². The van der Waals surface area contributed by atoms with Crippen LogP contribution in [0.15, 0.2) is 30.5 Å². The van der Waals surface area contributed by atoms with E-state index >= 15 is 0 Å². The molecule has 2 saturated heterocycles. The van der Waals surface area contributed by atoms with Gasteiger partial charge < -0.3 is 14.7 Å². The topological polar surface area (TPSA) is 78.8 Å². The zero-order valence-corrected chi connectivity index (χ0v) is 18.1. The van der Waals surface area contributed by atoms with Crippen LogP contribution in [0.2, 0.25) is 0 Å². The predicted molar refractivity (Wildman–Crippen MR) is 112 cm³/mol. The van der Waals surface area contributed by atoms with Crippen molar-refractivity contribution >= 4 is 17.7 Å². The summed E-state index contributed by atoms with van der Waals surface area (Å²) in [6, 6.07) is 4.74. The highest BCUT2D eigenvalue weighted by Crippen LogP contribution is 2.30. The second-order valence-corrected chi connectivity index (χ2v) is 8.19. The van der Waals surface area contributed by atoms with Crippen molar-refractivity contribution in [1.29, 1.82) is 0 Å². The molecule has 33 heavy (non-hydrogen) atoms. The lowest BCUT2D eigenvalue weighted by Gasteiger charge is -2.35. The number of hydrogen-bond donors (Lipinski definition) is 0. The third-order valence-corrected chi connectivity index (χ3v) is 6.09. The molecule has 0 atom stereocenters. The molecular weight excluding hydrogens is 439 g/mol. The first-order valence-corrected chi connectivity index (χ1v) is 10.8. The number of piperazine rings is 1. The van der Waals surface area contributed by atoms with Crippen molar-refractivity contribution in [2.75, 3.05) is 39.3 Å². The Balaban J connectivity index is 1.42. The Morgan fingerprint density at radius 2 is 1.45 bits per heavy atom. The number of benzene rings is 1. The number of rotatable bonds is 2. The second-order valence-electron chi connectivity index (χ2n) is 8.19. The van der Waals surface area contributed by atoms with Crippen LogP contribution in [0.1, 0.15) is 34.5 Å². The highest BCUT2D eigenvalue weighted by Gasteiger charge is 2.33. The number of carbonyl (C=O) groups excluding carboxylic acids is 3. The van der Waals surface area contributed by atoms with Gasteiger partial charge in [0.05, 0.1) is 28.7 Å². The van der Waals surface area contributed by atoms with Gasteiger partial charge in [-0.2, -0.15) is 18.3 Å². The van der Waals surface area contributed by atoms with Gasteiger partial charge >= 0.3 is 18.0 Å². The average Bonchev–Trinajstić information content (AvgIpc) is 3.47. The highest BCUT2D eigenvalue weighted by molar-refractivity contribution is 6.35. The van der Waals surface area contributed by atoms with Crippen molar-refractivity contribution < 1.29 is 27.6 Å². The number of hydrogen-bond acceptors (Lipinski definition) is 4. The number of alkyl halides is 3. The van der Waals surface area contributed by atoms with Gasteiger partial charge in [-0.15, -0.1) is 0 Å². The van der Waals surface area contributed by atoms with Crippen molar-refractivity contribution in [3.05, 3.63) is 47.3 Å². The average molecular weight is 463 g/mol. The molecule has 11 heteroatoms. The molecule has 3 amide bonds. The van der Waals surface area contributed by atoms with Gasteiger partial charge in [-0.3, -0.25) is 14.4 Å². The first-order valence-electron chi connectivity index (χ1n) is 10.8. The molecular formula is C22H24F3N5O3. The van der Waals surface area contributed by atoms with E-state index in [2.05, 4.69) is 5.10 Å². The van der Waals surface area contributed by atoms with Crippen LogP contribution in [0.4, 0.5) is 13.2 Å². The number of likely N-dealkylation sites (tertiary alicyclic amines) is 1. The lowest BCUT2D eigenvalue weighted by Crippen LogP contribution is -2.54. The molecule has 0 saturated carbocycles. The molecule has 2 aliphatic heterocycles. The number of amides is 3. The smallest absolute Gasteiger partial charge is 0.335 e. The van der Waals surface area contributed by atoms with Crippen molar-refractivity contribution in [3.63, 3.8) is 0 Å². The molecule has 2 aromatic rings. The molecule has 0 N–H and O–H groups in total. The maximum atomic E-state index is 13.0. The van der Waals surface area contributed by atoms with Gasteiger partial charge in [0.2, 0.25) is 0 Å². The number of carbonyl (C=O) groups is 3. The number of aromatic nitrogens is 2. The van der Waals surface area contributed by atoms with E-state index in [9.17, 15) is 27.6 Å². The summed E-state index contributed by atoms with van der Waals surface area (Å²) in [5.74, 6) is -1.35. The van der Waals surface area contributed by atoms with Crippen LogP contribution < -0.4 is 0 Å². The molecule has 8 nitrogen and oxygen atoms in total. The quantitative estimate of drug-likeness (QED) is 0.640. The number of halogens is 3. The normalized spacial score (nSPS) is 16.9. The predicted octanol–water partition coefficient (Wildman–Crippen LogP) is 2.11. The molecule has 176 valence electrons. The van der Waals surface area contributed by atoms with Crippen LogP contribution in [-0.2, 0) is 15.8 Å². The summed E-state index contributed by atoms with van der Waals surface area (Å²) >= 11 is 0. The third-order valence-electron chi connectivity index (χ3n) is 6.09. The van der Waals surface area contributed by atoms with Gasteiger partial charge in [0.15, 0.2) is 0 Å². The van der Waals surface area contributed by atoms with Gasteiger partial charge in [0.1, 0.15) is 0 Å². The molecule has 0 radical (unpaired) electrons. The van der Waals surface area contributed by atoms with Crippen LogP contribution in [-0.4, -0.2) is 81.5 Å². The maximum Gasteiger partial charge on any atom is 0.416 e. The molecule has 4 rings (SSSR count). The summed E-state index contributed by atoms with van der Waals surface area (Å²) in [4.78, 5) is 42.4. The minimum absolute atomic E-state index is 0.206. The van der Waals surface area contributed by atoms with Gasteiger partial charge in [-0.1, -0.05) is 6.07 Å². The molecule has 2 fully saturated rings. The van der Waals surface area contributed by atoms with Gasteiger partial charge in [-0.25, -0.2) is 4.68 Å². The monoisotopic (exact) mass is 463 g/mol. The van der Waals surface area contributed by atoms with Crippen molar-refractivity contribution in [2.45, 2.75) is 25.9 Å². The largest absolute Gasteiger partial charge is 0.416 e. The Labute approximate surface area is 188 Å². The van der Waals surface area contributed by atoms with Crippen LogP contribution in [0.5, 0.6) is 0 Å². The molecule has 0 spiro atoms.